The van der Waals surface area contributed by atoms with Crippen LogP contribution in [0.15, 0.2) is 36.4 Å². The molecule has 0 aromatic heterocycles. The van der Waals surface area contributed by atoms with Crippen LogP contribution in [0.4, 0.5) is 0 Å². The molecular formula is C21H31ClO2. The zero-order valence-corrected chi connectivity index (χ0v) is 16.8. The van der Waals surface area contributed by atoms with E-state index in [-0.39, 0.29) is 0 Å². The smallest absolute Gasteiger partial charge is 0.125 e. The van der Waals surface area contributed by atoms with E-state index < -0.39 is 0 Å². The minimum atomic E-state index is 0.502. The molecule has 0 aliphatic carbocycles. The van der Waals surface area contributed by atoms with Crippen molar-refractivity contribution in [3.05, 3.63) is 58.7 Å². The van der Waals surface area contributed by atoms with E-state index in [4.69, 9.17) is 21.1 Å². The number of hydrogen-bond acceptors (Lipinski definition) is 2. The molecule has 2 aromatic rings. The summed E-state index contributed by atoms with van der Waals surface area (Å²) in [5, 5.41) is 0. The highest BCUT2D eigenvalue weighted by Crippen LogP contribution is 2.29. The molecule has 134 valence electrons. The molecule has 0 aliphatic rings. The fourth-order valence-corrected chi connectivity index (χ4v) is 2.57. The third-order valence-electron chi connectivity index (χ3n) is 3.38. The number of methoxy groups -OCH3 is 2. The molecule has 0 radical (unpaired) electrons. The first kappa shape index (κ1) is 22.3. The minimum Gasteiger partial charge on any atom is -0.496 e. The van der Waals surface area contributed by atoms with Crippen molar-refractivity contribution >= 4 is 11.6 Å². The quantitative estimate of drug-likeness (QED) is 0.581. The van der Waals surface area contributed by atoms with Crippen LogP contribution in [0, 0.1) is 6.92 Å². The predicted molar refractivity (Wildman–Crippen MR) is 106 cm³/mol. The van der Waals surface area contributed by atoms with Gasteiger partial charge < -0.3 is 9.47 Å². The van der Waals surface area contributed by atoms with E-state index in [9.17, 15) is 0 Å². The number of hydrogen-bond donors (Lipinski definition) is 0. The van der Waals surface area contributed by atoms with Gasteiger partial charge in [0.15, 0.2) is 0 Å². The van der Waals surface area contributed by atoms with Crippen molar-refractivity contribution in [2.45, 2.75) is 46.9 Å². The molecule has 0 amide bonds. The lowest BCUT2D eigenvalue weighted by atomic mass is 9.99. The third kappa shape index (κ3) is 6.09. The van der Waals surface area contributed by atoms with Gasteiger partial charge in [0.05, 0.1) is 14.2 Å². The highest BCUT2D eigenvalue weighted by atomic mass is 35.5. The molecule has 0 saturated carbocycles. The summed E-state index contributed by atoms with van der Waals surface area (Å²) < 4.78 is 10.9. The van der Waals surface area contributed by atoms with E-state index in [1.54, 1.807) is 14.2 Å². The molecule has 0 spiro atoms. The molecule has 0 N–H and O–H groups in total. The van der Waals surface area contributed by atoms with Crippen molar-refractivity contribution < 1.29 is 9.47 Å². The lowest BCUT2D eigenvalue weighted by Gasteiger charge is -2.14. The zero-order valence-electron chi connectivity index (χ0n) is 16.1. The first-order valence-corrected chi connectivity index (χ1v) is 9.07. The summed E-state index contributed by atoms with van der Waals surface area (Å²) in [7, 11) is 3.39. The van der Waals surface area contributed by atoms with Crippen molar-refractivity contribution in [2.24, 2.45) is 0 Å². The van der Waals surface area contributed by atoms with Crippen LogP contribution in [0.1, 0.15) is 49.9 Å². The number of para-hydroxylation sites is 1. The van der Waals surface area contributed by atoms with Gasteiger partial charge in [0.2, 0.25) is 0 Å². The lowest BCUT2D eigenvalue weighted by Crippen LogP contribution is -1.99. The van der Waals surface area contributed by atoms with Gasteiger partial charge in [0, 0.05) is 12.3 Å². The van der Waals surface area contributed by atoms with E-state index >= 15 is 0 Å². The normalized spacial score (nSPS) is 9.17. The molecule has 0 heterocycles. The maximum atomic E-state index is 5.92. The average Bonchev–Trinajstić information content (AvgIpc) is 2.65. The first-order chi connectivity index (χ1) is 11.7. The molecule has 0 bridgehead atoms. The molecule has 0 fully saturated rings. The Labute approximate surface area is 152 Å². The largest absolute Gasteiger partial charge is 0.496 e. The van der Waals surface area contributed by atoms with Gasteiger partial charge in [-0.25, -0.2) is 0 Å². The van der Waals surface area contributed by atoms with Gasteiger partial charge in [0.1, 0.15) is 11.5 Å². The predicted octanol–water partition coefficient (Wildman–Crippen LogP) is 6.39. The second kappa shape index (κ2) is 12.7. The summed E-state index contributed by atoms with van der Waals surface area (Å²) in [5.41, 5.74) is 4.50. The van der Waals surface area contributed by atoms with Gasteiger partial charge in [-0.1, -0.05) is 58.0 Å². The molecule has 2 rings (SSSR count). The van der Waals surface area contributed by atoms with E-state index in [2.05, 4.69) is 25.1 Å². The SMILES string of the molecule is CC.CC.COc1ccc(CCl)cc1Cc1cccc(C)c1OC. The Hall–Kier alpha value is -1.67. The number of rotatable bonds is 5. The molecule has 2 nitrogen and oxygen atoms in total. The standard InChI is InChI=1S/C17H19ClO2.2C2H6/c1-12-5-4-6-14(17(12)20-3)10-15-9-13(11-18)7-8-16(15)19-2;2*1-2/h4-9H,10-11H2,1-3H3;2*1-2H3. The molecule has 0 aliphatic heterocycles. The molecule has 24 heavy (non-hydrogen) atoms. The van der Waals surface area contributed by atoms with Crippen LogP contribution in [0.2, 0.25) is 0 Å². The second-order valence-corrected chi connectivity index (χ2v) is 4.99. The Morgan fingerprint density at radius 3 is 2.08 bits per heavy atom. The molecular weight excluding hydrogens is 320 g/mol. The Morgan fingerprint density at radius 1 is 0.875 bits per heavy atom. The monoisotopic (exact) mass is 350 g/mol. The first-order valence-electron chi connectivity index (χ1n) is 8.53. The van der Waals surface area contributed by atoms with E-state index in [0.29, 0.717) is 5.88 Å². The summed E-state index contributed by atoms with van der Waals surface area (Å²) in [6.45, 7) is 10.1. The van der Waals surface area contributed by atoms with E-state index in [0.717, 1.165) is 40.2 Å². The van der Waals surface area contributed by atoms with Crippen molar-refractivity contribution in [1.29, 1.82) is 0 Å². The van der Waals surface area contributed by atoms with E-state index in [1.165, 1.54) is 0 Å². The number of halogens is 1. The minimum absolute atomic E-state index is 0.502. The summed E-state index contributed by atoms with van der Waals surface area (Å²) in [4.78, 5) is 0. The average molecular weight is 351 g/mol. The molecule has 2 aromatic carbocycles. The highest BCUT2D eigenvalue weighted by molar-refractivity contribution is 6.17. The number of aryl methyl sites for hydroxylation is 1. The second-order valence-electron chi connectivity index (χ2n) is 4.72. The van der Waals surface area contributed by atoms with Crippen molar-refractivity contribution in [1.82, 2.24) is 0 Å². The van der Waals surface area contributed by atoms with Crippen LogP contribution in [0.5, 0.6) is 11.5 Å². The van der Waals surface area contributed by atoms with Crippen LogP contribution in [-0.2, 0) is 12.3 Å². The number of benzene rings is 2. The zero-order chi connectivity index (χ0) is 18.5. The number of alkyl halides is 1. The van der Waals surface area contributed by atoms with Gasteiger partial charge in [-0.15, -0.1) is 11.6 Å². The highest BCUT2D eigenvalue weighted by Gasteiger charge is 2.10. The molecule has 3 heteroatoms. The summed E-state index contributed by atoms with van der Waals surface area (Å²) in [6, 6.07) is 12.2. The fraction of sp³-hybridized carbons (Fsp3) is 0.429. The molecule has 0 saturated heterocycles. The summed E-state index contributed by atoms with van der Waals surface area (Å²) in [5.74, 6) is 2.32. The van der Waals surface area contributed by atoms with Gasteiger partial charge in [0.25, 0.3) is 0 Å². The maximum absolute atomic E-state index is 5.92. The molecule has 0 unspecified atom stereocenters. The van der Waals surface area contributed by atoms with Crippen LogP contribution < -0.4 is 9.47 Å². The van der Waals surface area contributed by atoms with Gasteiger partial charge >= 0.3 is 0 Å². The Kier molecular flexibility index (Phi) is 11.8. The van der Waals surface area contributed by atoms with E-state index in [1.807, 2.05) is 45.9 Å². The number of ether oxygens (including phenoxy) is 2. The molecule has 0 atom stereocenters. The summed E-state index contributed by atoms with van der Waals surface area (Å²) in [6.07, 6.45) is 0.763. The van der Waals surface area contributed by atoms with Crippen LogP contribution >= 0.6 is 11.6 Å². The Bertz CT molecular complexity index is 594. The van der Waals surface area contributed by atoms with Crippen molar-refractivity contribution in [3.8, 4) is 11.5 Å². The van der Waals surface area contributed by atoms with Gasteiger partial charge in [-0.05, 0) is 35.2 Å². The topological polar surface area (TPSA) is 18.5 Å². The van der Waals surface area contributed by atoms with Crippen molar-refractivity contribution in [3.63, 3.8) is 0 Å². The van der Waals surface area contributed by atoms with Crippen LogP contribution in [0.3, 0.4) is 0 Å². The van der Waals surface area contributed by atoms with Gasteiger partial charge in [-0.2, -0.15) is 0 Å². The lowest BCUT2D eigenvalue weighted by molar-refractivity contribution is 0.403. The Balaban J connectivity index is 0.00000123. The van der Waals surface area contributed by atoms with Crippen molar-refractivity contribution in [2.75, 3.05) is 14.2 Å². The third-order valence-corrected chi connectivity index (χ3v) is 3.69. The van der Waals surface area contributed by atoms with Crippen LogP contribution in [0.25, 0.3) is 0 Å². The Morgan fingerprint density at radius 2 is 1.54 bits per heavy atom. The van der Waals surface area contributed by atoms with Crippen LogP contribution in [-0.4, -0.2) is 14.2 Å². The fourth-order valence-electron chi connectivity index (χ4n) is 2.40. The van der Waals surface area contributed by atoms with Gasteiger partial charge in [-0.3, -0.25) is 0 Å². The summed E-state index contributed by atoms with van der Waals surface area (Å²) >= 11 is 5.92. The maximum Gasteiger partial charge on any atom is 0.125 e.